The zero-order chi connectivity index (χ0) is 9.42. The topological polar surface area (TPSA) is 30.9 Å². The molecule has 0 spiro atoms. The minimum Gasteiger partial charge on any atom is -0.391 e. The molecular weight excluding hydrogens is 180 g/mol. The van der Waals surface area contributed by atoms with Crippen molar-refractivity contribution < 1.29 is 0 Å². The van der Waals surface area contributed by atoms with Crippen LogP contribution < -0.4 is 5.73 Å². The summed E-state index contributed by atoms with van der Waals surface area (Å²) < 4.78 is 2.04. The first-order chi connectivity index (χ1) is 6.16. The fourth-order valence-electron chi connectivity index (χ4n) is 1.45. The third kappa shape index (κ3) is 1.47. The van der Waals surface area contributed by atoms with Gasteiger partial charge in [-0.2, -0.15) is 0 Å². The highest BCUT2D eigenvalue weighted by molar-refractivity contribution is 7.16. The molecule has 0 aromatic carbocycles. The average molecular weight is 192 g/mol. The Kier molecular flexibility index (Phi) is 1.88. The maximum Gasteiger partial charge on any atom is 0.0865 e. The third-order valence-corrected chi connectivity index (χ3v) is 2.96. The van der Waals surface area contributed by atoms with E-state index >= 15 is 0 Å². The summed E-state index contributed by atoms with van der Waals surface area (Å²) in [6.45, 7) is 2.10. The lowest BCUT2D eigenvalue weighted by atomic mass is 10.1. The number of anilines is 1. The van der Waals surface area contributed by atoms with Gasteiger partial charge in [-0.15, -0.1) is 11.3 Å². The van der Waals surface area contributed by atoms with Crippen LogP contribution in [0, 0.1) is 6.92 Å². The summed E-state index contributed by atoms with van der Waals surface area (Å²) in [5, 5.41) is 0.886. The molecule has 0 aliphatic carbocycles. The van der Waals surface area contributed by atoms with Gasteiger partial charge in [0.2, 0.25) is 0 Å². The highest BCUT2D eigenvalue weighted by Crippen LogP contribution is 2.32. The van der Waals surface area contributed by atoms with E-state index in [4.69, 9.17) is 5.73 Å². The highest BCUT2D eigenvalue weighted by atomic mass is 32.1. The van der Waals surface area contributed by atoms with Crippen molar-refractivity contribution in [3.05, 3.63) is 29.4 Å². The Morgan fingerprint density at radius 3 is 2.69 bits per heavy atom. The van der Waals surface area contributed by atoms with Crippen LogP contribution in [0.25, 0.3) is 11.1 Å². The molecule has 68 valence electrons. The van der Waals surface area contributed by atoms with Gasteiger partial charge < -0.3 is 10.3 Å². The third-order valence-electron chi connectivity index (χ3n) is 2.08. The van der Waals surface area contributed by atoms with E-state index < -0.39 is 0 Å². The fourth-order valence-corrected chi connectivity index (χ4v) is 2.27. The predicted octanol–water partition coefficient (Wildman–Crippen LogP) is 2.64. The number of thiophene rings is 1. The molecule has 2 aromatic heterocycles. The molecule has 0 atom stereocenters. The minimum atomic E-state index is 0.886. The molecule has 0 aliphatic rings. The van der Waals surface area contributed by atoms with Crippen LogP contribution in [0.2, 0.25) is 0 Å². The molecule has 0 saturated heterocycles. The number of hydrogen-bond donors (Lipinski definition) is 1. The molecule has 0 unspecified atom stereocenters. The fraction of sp³-hybridized carbons (Fsp3) is 0.200. The summed E-state index contributed by atoms with van der Waals surface area (Å²) in [5.74, 6) is 0. The van der Waals surface area contributed by atoms with Crippen LogP contribution in [-0.4, -0.2) is 4.57 Å². The quantitative estimate of drug-likeness (QED) is 0.740. The van der Waals surface area contributed by atoms with Crippen LogP contribution in [-0.2, 0) is 7.05 Å². The lowest BCUT2D eigenvalue weighted by molar-refractivity contribution is 0.928. The van der Waals surface area contributed by atoms with E-state index in [1.165, 1.54) is 16.0 Å². The van der Waals surface area contributed by atoms with Gasteiger partial charge in [0.15, 0.2) is 0 Å². The number of nitrogens with zero attached hydrogens (tertiary/aromatic N) is 1. The average Bonchev–Trinajstić information content (AvgIpc) is 2.58. The summed E-state index contributed by atoms with van der Waals surface area (Å²) in [5.41, 5.74) is 8.23. The number of aromatic nitrogens is 1. The van der Waals surface area contributed by atoms with Gasteiger partial charge in [0.1, 0.15) is 0 Å². The zero-order valence-corrected chi connectivity index (χ0v) is 8.56. The Hall–Kier alpha value is -1.22. The van der Waals surface area contributed by atoms with Crippen LogP contribution in [0.5, 0.6) is 0 Å². The van der Waals surface area contributed by atoms with Gasteiger partial charge in [0, 0.05) is 29.9 Å². The van der Waals surface area contributed by atoms with E-state index in [1.54, 1.807) is 11.3 Å². The number of rotatable bonds is 1. The second kappa shape index (κ2) is 2.92. The van der Waals surface area contributed by atoms with Crippen molar-refractivity contribution >= 4 is 16.3 Å². The summed E-state index contributed by atoms with van der Waals surface area (Å²) in [6.07, 6.45) is 4.15. The maximum absolute atomic E-state index is 5.74. The molecule has 13 heavy (non-hydrogen) atoms. The van der Waals surface area contributed by atoms with Crippen molar-refractivity contribution in [3.63, 3.8) is 0 Å². The van der Waals surface area contributed by atoms with Gasteiger partial charge in [-0.25, -0.2) is 0 Å². The molecule has 0 saturated carbocycles. The molecule has 2 aromatic rings. The molecule has 2 heterocycles. The van der Waals surface area contributed by atoms with E-state index in [1.807, 2.05) is 23.9 Å². The molecule has 0 fully saturated rings. The van der Waals surface area contributed by atoms with Crippen molar-refractivity contribution in [1.82, 2.24) is 4.57 Å². The van der Waals surface area contributed by atoms with Crippen LogP contribution in [0.4, 0.5) is 5.00 Å². The Bertz CT molecular complexity index is 426. The molecule has 0 radical (unpaired) electrons. The Balaban J connectivity index is 2.51. The second-order valence-electron chi connectivity index (χ2n) is 3.18. The van der Waals surface area contributed by atoms with Crippen molar-refractivity contribution in [2.75, 3.05) is 5.73 Å². The van der Waals surface area contributed by atoms with Crippen LogP contribution >= 0.6 is 11.3 Å². The van der Waals surface area contributed by atoms with Gasteiger partial charge >= 0.3 is 0 Å². The van der Waals surface area contributed by atoms with Crippen molar-refractivity contribution in [3.8, 4) is 11.1 Å². The van der Waals surface area contributed by atoms with Gasteiger partial charge in [0.05, 0.1) is 5.00 Å². The van der Waals surface area contributed by atoms with Crippen molar-refractivity contribution in [2.24, 2.45) is 7.05 Å². The van der Waals surface area contributed by atoms with Crippen LogP contribution in [0.1, 0.15) is 4.88 Å². The molecule has 2 nitrogen and oxygen atoms in total. The molecule has 2 N–H and O–H groups in total. The summed E-state index contributed by atoms with van der Waals surface area (Å²) in [6, 6.07) is 4.14. The van der Waals surface area contributed by atoms with E-state index in [9.17, 15) is 0 Å². The standard InChI is InChI=1S/C10H12N2S/c1-7-9(5-10(11)13-7)8-3-4-12(2)6-8/h3-6H,11H2,1-2H3. The normalized spacial score (nSPS) is 10.6. The number of nitrogen functional groups attached to an aromatic ring is 1. The Morgan fingerprint density at radius 1 is 1.46 bits per heavy atom. The van der Waals surface area contributed by atoms with Gasteiger partial charge in [-0.3, -0.25) is 0 Å². The molecular formula is C10H12N2S. The largest absolute Gasteiger partial charge is 0.391 e. The Morgan fingerprint density at radius 2 is 2.23 bits per heavy atom. The highest BCUT2D eigenvalue weighted by Gasteiger charge is 2.06. The SMILES string of the molecule is Cc1sc(N)cc1-c1ccn(C)c1. The lowest BCUT2D eigenvalue weighted by Gasteiger charge is -1.93. The first-order valence-electron chi connectivity index (χ1n) is 4.15. The first kappa shape index (κ1) is 8.38. The first-order valence-corrected chi connectivity index (χ1v) is 4.97. The minimum absolute atomic E-state index is 0.886. The van der Waals surface area contributed by atoms with E-state index in [-0.39, 0.29) is 0 Å². The van der Waals surface area contributed by atoms with E-state index in [0.717, 1.165) is 5.00 Å². The van der Waals surface area contributed by atoms with E-state index in [0.29, 0.717) is 0 Å². The number of nitrogens with two attached hydrogens (primary N) is 1. The molecule has 3 heteroatoms. The van der Waals surface area contributed by atoms with Crippen LogP contribution in [0.3, 0.4) is 0 Å². The lowest BCUT2D eigenvalue weighted by Crippen LogP contribution is -1.78. The maximum atomic E-state index is 5.74. The van der Waals surface area contributed by atoms with Gasteiger partial charge in [-0.05, 0) is 24.6 Å². The smallest absolute Gasteiger partial charge is 0.0865 e. The van der Waals surface area contributed by atoms with Crippen LogP contribution in [0.15, 0.2) is 24.5 Å². The van der Waals surface area contributed by atoms with Gasteiger partial charge in [0.25, 0.3) is 0 Å². The summed E-state index contributed by atoms with van der Waals surface area (Å²) in [4.78, 5) is 1.28. The summed E-state index contributed by atoms with van der Waals surface area (Å²) >= 11 is 1.64. The van der Waals surface area contributed by atoms with Crippen molar-refractivity contribution in [1.29, 1.82) is 0 Å². The molecule has 2 rings (SSSR count). The Labute approximate surface area is 81.6 Å². The molecule has 0 amide bonds. The zero-order valence-electron chi connectivity index (χ0n) is 7.74. The second-order valence-corrected chi connectivity index (χ2v) is 4.47. The number of hydrogen-bond acceptors (Lipinski definition) is 2. The van der Waals surface area contributed by atoms with Gasteiger partial charge in [-0.1, -0.05) is 0 Å². The molecule has 0 bridgehead atoms. The molecule has 0 aliphatic heterocycles. The van der Waals surface area contributed by atoms with E-state index in [2.05, 4.69) is 19.2 Å². The van der Waals surface area contributed by atoms with Crippen molar-refractivity contribution in [2.45, 2.75) is 6.92 Å². The number of aryl methyl sites for hydroxylation is 2. The summed E-state index contributed by atoms with van der Waals surface area (Å²) in [7, 11) is 2.02. The monoisotopic (exact) mass is 192 g/mol. The predicted molar refractivity (Wildman–Crippen MR) is 57.9 cm³/mol.